The number of benzene rings is 2. The quantitative estimate of drug-likeness (QED) is 0.603. The summed E-state index contributed by atoms with van der Waals surface area (Å²) in [5.41, 5.74) is -0.960. The van der Waals surface area contributed by atoms with Crippen molar-refractivity contribution in [3.63, 3.8) is 0 Å². The van der Waals surface area contributed by atoms with Crippen LogP contribution in [-0.2, 0) is 4.79 Å². The van der Waals surface area contributed by atoms with Gasteiger partial charge in [-0.05, 0) is 29.9 Å². The van der Waals surface area contributed by atoms with E-state index in [4.69, 9.17) is 0 Å². The summed E-state index contributed by atoms with van der Waals surface area (Å²) < 4.78 is 54.7. The molecule has 0 heterocycles. The number of rotatable bonds is 4. The highest BCUT2D eigenvalue weighted by molar-refractivity contribution is 6.06. The van der Waals surface area contributed by atoms with Crippen LogP contribution in [0.5, 0.6) is 0 Å². The molecule has 0 fully saturated rings. The molecule has 0 saturated carbocycles. The molecule has 2 rings (SSSR count). The Kier molecular flexibility index (Phi) is 4.56. The lowest BCUT2D eigenvalue weighted by molar-refractivity contribution is -0.110. The second kappa shape index (κ2) is 6.39. The summed E-state index contributed by atoms with van der Waals surface area (Å²) in [6.45, 7) is 3.25. The van der Waals surface area contributed by atoms with Gasteiger partial charge in [0.1, 0.15) is 0 Å². The Morgan fingerprint density at radius 3 is 1.73 bits per heavy atom. The third kappa shape index (κ3) is 2.98. The molecule has 2 aromatic rings. The van der Waals surface area contributed by atoms with Crippen molar-refractivity contribution in [3.8, 4) is 0 Å². The Labute approximate surface area is 124 Å². The lowest BCUT2D eigenvalue weighted by atomic mass is 9.95. The van der Waals surface area contributed by atoms with Crippen molar-refractivity contribution in [3.05, 3.63) is 89.5 Å². The van der Waals surface area contributed by atoms with E-state index in [2.05, 4.69) is 6.58 Å². The van der Waals surface area contributed by atoms with Gasteiger partial charge in [-0.25, -0.2) is 17.6 Å². The first-order chi connectivity index (χ1) is 10.5. The Hall–Kier alpha value is -2.69. The second-order valence-electron chi connectivity index (χ2n) is 4.37. The lowest BCUT2D eigenvalue weighted by Crippen LogP contribution is -2.01. The molecule has 0 aliphatic carbocycles. The molecule has 2 aromatic carbocycles. The van der Waals surface area contributed by atoms with Gasteiger partial charge in [-0.2, -0.15) is 0 Å². The summed E-state index contributed by atoms with van der Waals surface area (Å²) in [5.74, 6) is -5.48. The molecule has 0 aliphatic heterocycles. The van der Waals surface area contributed by atoms with E-state index in [0.29, 0.717) is 0 Å². The van der Waals surface area contributed by atoms with Gasteiger partial charge in [0, 0.05) is 11.1 Å². The Balaban J connectivity index is 2.75. The van der Waals surface area contributed by atoms with Crippen LogP contribution >= 0.6 is 0 Å². The highest BCUT2D eigenvalue weighted by Gasteiger charge is 2.19. The van der Waals surface area contributed by atoms with Crippen molar-refractivity contribution >= 4 is 11.4 Å². The van der Waals surface area contributed by atoms with E-state index in [1.807, 2.05) is 0 Å². The summed E-state index contributed by atoms with van der Waals surface area (Å²) in [4.78, 5) is 11.5. The van der Waals surface area contributed by atoms with Crippen LogP contribution in [0.4, 0.5) is 17.6 Å². The molecule has 0 amide bonds. The van der Waals surface area contributed by atoms with Gasteiger partial charge in [0.2, 0.25) is 0 Å². The number of ketones is 1. The maximum Gasteiger partial charge on any atom is 0.178 e. The average Bonchev–Trinajstić information content (AvgIpc) is 2.51. The maximum atomic E-state index is 14.0. The molecular formula is C17H10F4O. The molecule has 112 valence electrons. The van der Waals surface area contributed by atoms with Gasteiger partial charge >= 0.3 is 0 Å². The van der Waals surface area contributed by atoms with E-state index in [-0.39, 0.29) is 16.7 Å². The average molecular weight is 306 g/mol. The lowest BCUT2D eigenvalue weighted by Gasteiger charge is -2.11. The maximum absolute atomic E-state index is 14.0. The fourth-order valence-electron chi connectivity index (χ4n) is 1.93. The van der Waals surface area contributed by atoms with Crippen molar-refractivity contribution in [2.45, 2.75) is 0 Å². The molecule has 0 radical (unpaired) electrons. The van der Waals surface area contributed by atoms with Gasteiger partial charge < -0.3 is 0 Å². The first-order valence-electron chi connectivity index (χ1n) is 6.22. The van der Waals surface area contributed by atoms with Crippen molar-refractivity contribution < 1.29 is 22.4 Å². The minimum absolute atomic E-state index is 0.265. The molecule has 22 heavy (non-hydrogen) atoms. The third-order valence-electron chi connectivity index (χ3n) is 2.97. The van der Waals surface area contributed by atoms with Crippen LogP contribution in [0.25, 0.3) is 5.57 Å². The van der Waals surface area contributed by atoms with Crippen molar-refractivity contribution in [1.82, 2.24) is 0 Å². The zero-order valence-corrected chi connectivity index (χ0v) is 11.2. The molecule has 0 aromatic heterocycles. The molecule has 0 aliphatic rings. The van der Waals surface area contributed by atoms with Crippen LogP contribution in [0, 0.1) is 23.3 Å². The van der Waals surface area contributed by atoms with E-state index in [1.165, 1.54) is 24.3 Å². The minimum atomic E-state index is -1.26. The Morgan fingerprint density at radius 1 is 0.864 bits per heavy atom. The number of carbonyl (C=O) groups excluding carboxylic acids is 1. The topological polar surface area (TPSA) is 17.1 Å². The van der Waals surface area contributed by atoms with E-state index < -0.39 is 29.1 Å². The number of halogens is 4. The summed E-state index contributed by atoms with van der Waals surface area (Å²) in [5, 5.41) is 0. The molecule has 0 saturated heterocycles. The van der Waals surface area contributed by atoms with E-state index in [1.54, 1.807) is 0 Å². The summed E-state index contributed by atoms with van der Waals surface area (Å²) in [7, 11) is 0. The third-order valence-corrected chi connectivity index (χ3v) is 2.97. The molecule has 0 N–H and O–H groups in total. The van der Waals surface area contributed by atoms with Crippen molar-refractivity contribution in [1.29, 1.82) is 0 Å². The normalized spacial score (nSPS) is 10.2. The fraction of sp³-hybridized carbons (Fsp3) is 0. The van der Waals surface area contributed by atoms with E-state index in [9.17, 15) is 22.4 Å². The number of carbonyl (C=O) groups is 1. The molecular weight excluding hydrogens is 296 g/mol. The molecule has 0 bridgehead atoms. The SMILES string of the molecule is C=CC(=O)C=C(c1cccc(F)c1F)c1cccc(F)c1F. The van der Waals surface area contributed by atoms with Gasteiger partial charge in [0.05, 0.1) is 0 Å². The van der Waals surface area contributed by atoms with Crippen molar-refractivity contribution in [2.24, 2.45) is 0 Å². The predicted molar refractivity (Wildman–Crippen MR) is 75.0 cm³/mol. The smallest absolute Gasteiger partial charge is 0.178 e. The highest BCUT2D eigenvalue weighted by Crippen LogP contribution is 2.29. The first-order valence-corrected chi connectivity index (χ1v) is 6.22. The zero-order chi connectivity index (χ0) is 16.3. The summed E-state index contributed by atoms with van der Waals surface area (Å²) in [6.07, 6.45) is 1.80. The minimum Gasteiger partial charge on any atom is -0.290 e. The Morgan fingerprint density at radius 2 is 1.32 bits per heavy atom. The highest BCUT2D eigenvalue weighted by atomic mass is 19.2. The van der Waals surface area contributed by atoms with E-state index >= 15 is 0 Å². The van der Waals surface area contributed by atoms with Crippen LogP contribution in [0.3, 0.4) is 0 Å². The number of hydrogen-bond donors (Lipinski definition) is 0. The van der Waals surface area contributed by atoms with Crippen LogP contribution < -0.4 is 0 Å². The molecule has 5 heteroatoms. The molecule has 0 unspecified atom stereocenters. The van der Waals surface area contributed by atoms with Gasteiger partial charge in [-0.3, -0.25) is 4.79 Å². The van der Waals surface area contributed by atoms with Crippen LogP contribution in [0.15, 0.2) is 55.1 Å². The monoisotopic (exact) mass is 306 g/mol. The molecule has 1 nitrogen and oxygen atoms in total. The zero-order valence-electron chi connectivity index (χ0n) is 11.2. The van der Waals surface area contributed by atoms with E-state index in [0.717, 1.165) is 24.3 Å². The molecule has 0 atom stereocenters. The number of hydrogen-bond acceptors (Lipinski definition) is 1. The van der Waals surface area contributed by atoms with Gasteiger partial charge in [0.15, 0.2) is 29.1 Å². The molecule has 0 spiro atoms. The first kappa shape index (κ1) is 15.7. The summed E-state index contributed by atoms with van der Waals surface area (Å²) >= 11 is 0. The summed E-state index contributed by atoms with van der Waals surface area (Å²) in [6, 6.07) is 6.52. The standard InChI is InChI=1S/C17H10F4O/c1-2-10(22)9-13(11-5-3-7-14(18)16(11)20)12-6-4-8-15(19)17(12)21/h2-9H,1H2. The number of allylic oxidation sites excluding steroid dienone is 2. The largest absolute Gasteiger partial charge is 0.290 e. The Bertz CT molecular complexity index is 725. The predicted octanol–water partition coefficient (Wildman–Crippen LogP) is 4.43. The van der Waals surface area contributed by atoms with Crippen LogP contribution in [0.1, 0.15) is 11.1 Å². The van der Waals surface area contributed by atoms with Crippen LogP contribution in [-0.4, -0.2) is 5.78 Å². The van der Waals surface area contributed by atoms with Crippen LogP contribution in [0.2, 0.25) is 0 Å². The van der Waals surface area contributed by atoms with Gasteiger partial charge in [0.25, 0.3) is 0 Å². The van der Waals surface area contributed by atoms with Gasteiger partial charge in [-0.15, -0.1) is 0 Å². The van der Waals surface area contributed by atoms with Crippen molar-refractivity contribution in [2.75, 3.05) is 0 Å². The fourth-order valence-corrected chi connectivity index (χ4v) is 1.93. The van der Waals surface area contributed by atoms with Gasteiger partial charge in [-0.1, -0.05) is 30.8 Å². The second-order valence-corrected chi connectivity index (χ2v) is 4.37.